The maximum Gasteiger partial charge on any atom is 0.296 e. The third-order valence-corrected chi connectivity index (χ3v) is 7.56. The van der Waals surface area contributed by atoms with Crippen molar-refractivity contribution in [3.8, 4) is 5.82 Å². The summed E-state index contributed by atoms with van der Waals surface area (Å²) in [6, 6.07) is 9.22. The highest BCUT2D eigenvalue weighted by Gasteiger charge is 2.24. The molecule has 0 radical (unpaired) electrons. The SMILES string of the molecule is CN1CCCCC1.FC(F)c1nc2ccccc2n1-c1cc(N2CCOCC2)nc(NC2CCCCC2)n1. The molecule has 1 N–H and O–H groups in total. The second-order valence-corrected chi connectivity index (χ2v) is 10.4. The minimum atomic E-state index is -2.72. The predicted octanol–water partition coefficient (Wildman–Crippen LogP) is 5.44. The molecule has 10 heteroatoms. The molecule has 8 nitrogen and oxygen atoms in total. The van der Waals surface area contributed by atoms with Gasteiger partial charge in [0.1, 0.15) is 11.6 Å². The molecule has 1 saturated carbocycles. The number of morpholine rings is 1. The monoisotopic (exact) mass is 527 g/mol. The molecule has 0 amide bonds. The zero-order valence-corrected chi connectivity index (χ0v) is 22.3. The van der Waals surface area contributed by atoms with E-state index in [1.165, 1.54) is 56.2 Å². The number of alkyl halides is 2. The molecule has 1 aliphatic carbocycles. The van der Waals surface area contributed by atoms with Crippen LogP contribution in [0.25, 0.3) is 16.9 Å². The number of fused-ring (bicyclic) bond motifs is 1. The van der Waals surface area contributed by atoms with Crippen molar-refractivity contribution in [2.75, 3.05) is 56.7 Å². The average molecular weight is 528 g/mol. The molecule has 2 saturated heterocycles. The second kappa shape index (κ2) is 12.8. The summed E-state index contributed by atoms with van der Waals surface area (Å²) >= 11 is 0. The standard InChI is InChI=1S/C22H26F2N6O.C6H13N/c23-20(24)21-26-16-8-4-5-9-17(16)30(21)19-14-18(29-10-12-31-13-11-29)27-22(28-19)25-15-6-2-1-3-7-15;1-7-5-3-2-4-6-7/h4-5,8-9,14-15,20H,1-3,6-7,10-13H2,(H,25,27,28);2-6H2,1H3. The highest BCUT2D eigenvalue weighted by molar-refractivity contribution is 5.78. The van der Waals surface area contributed by atoms with E-state index in [4.69, 9.17) is 9.72 Å². The van der Waals surface area contributed by atoms with Gasteiger partial charge < -0.3 is 19.9 Å². The highest BCUT2D eigenvalue weighted by Crippen LogP contribution is 2.30. The summed E-state index contributed by atoms with van der Waals surface area (Å²) in [6.45, 7) is 5.26. The van der Waals surface area contributed by atoms with Gasteiger partial charge >= 0.3 is 0 Å². The molecule has 4 heterocycles. The zero-order chi connectivity index (χ0) is 26.3. The molecule has 1 aromatic carbocycles. The smallest absolute Gasteiger partial charge is 0.296 e. The summed E-state index contributed by atoms with van der Waals surface area (Å²) in [6.07, 6.45) is 7.29. The Morgan fingerprint density at radius 3 is 2.24 bits per heavy atom. The van der Waals surface area contributed by atoms with Crippen LogP contribution in [0.4, 0.5) is 20.5 Å². The first kappa shape index (κ1) is 26.7. The Balaban J connectivity index is 0.000000366. The molecule has 3 aliphatic rings. The van der Waals surface area contributed by atoms with E-state index in [0.717, 1.165) is 12.8 Å². The first-order valence-electron chi connectivity index (χ1n) is 14.0. The number of hydrogen-bond acceptors (Lipinski definition) is 7. The van der Waals surface area contributed by atoms with Crippen molar-refractivity contribution in [3.63, 3.8) is 0 Å². The third-order valence-electron chi connectivity index (χ3n) is 7.56. The largest absolute Gasteiger partial charge is 0.378 e. The minimum absolute atomic E-state index is 0.302. The summed E-state index contributed by atoms with van der Waals surface area (Å²) in [5, 5.41) is 3.46. The van der Waals surface area contributed by atoms with Gasteiger partial charge in [0, 0.05) is 25.2 Å². The maximum atomic E-state index is 13.9. The summed E-state index contributed by atoms with van der Waals surface area (Å²) in [7, 11) is 2.19. The number of hydrogen-bond donors (Lipinski definition) is 1. The van der Waals surface area contributed by atoms with Gasteiger partial charge in [-0.2, -0.15) is 9.97 Å². The Kier molecular flexibility index (Phi) is 9.01. The van der Waals surface area contributed by atoms with Crippen LogP contribution < -0.4 is 10.2 Å². The second-order valence-electron chi connectivity index (χ2n) is 10.4. The number of halogens is 2. The topological polar surface area (TPSA) is 71.3 Å². The normalized spacial score (nSPS) is 19.4. The Hall–Kier alpha value is -2.85. The van der Waals surface area contributed by atoms with E-state index in [2.05, 4.69) is 32.1 Å². The van der Waals surface area contributed by atoms with Gasteiger partial charge in [-0.05, 0) is 58.0 Å². The van der Waals surface area contributed by atoms with Gasteiger partial charge in [-0.3, -0.25) is 4.57 Å². The lowest BCUT2D eigenvalue weighted by atomic mass is 9.96. The highest BCUT2D eigenvalue weighted by atomic mass is 19.3. The van der Waals surface area contributed by atoms with Crippen molar-refractivity contribution in [3.05, 3.63) is 36.2 Å². The van der Waals surface area contributed by atoms with Gasteiger partial charge in [0.25, 0.3) is 6.43 Å². The molecule has 2 aliphatic heterocycles. The number of imidazole rings is 1. The van der Waals surface area contributed by atoms with Gasteiger partial charge in [-0.1, -0.05) is 37.8 Å². The minimum Gasteiger partial charge on any atom is -0.378 e. The lowest BCUT2D eigenvalue weighted by molar-refractivity contribution is 0.122. The maximum absolute atomic E-state index is 13.9. The molecule has 3 aromatic rings. The summed E-state index contributed by atoms with van der Waals surface area (Å²) in [5.74, 6) is 1.28. The molecule has 38 heavy (non-hydrogen) atoms. The Morgan fingerprint density at radius 2 is 1.55 bits per heavy atom. The number of rotatable bonds is 5. The van der Waals surface area contributed by atoms with E-state index in [0.29, 0.717) is 61.0 Å². The van der Waals surface area contributed by atoms with Crippen LogP contribution in [0, 0.1) is 0 Å². The van der Waals surface area contributed by atoms with Crippen LogP contribution in [-0.4, -0.2) is 76.9 Å². The third kappa shape index (κ3) is 6.58. The average Bonchev–Trinajstić information content (AvgIpc) is 3.35. The van der Waals surface area contributed by atoms with E-state index in [9.17, 15) is 8.78 Å². The van der Waals surface area contributed by atoms with Crippen LogP contribution in [0.5, 0.6) is 0 Å². The number of ether oxygens (including phenoxy) is 1. The van der Waals surface area contributed by atoms with Gasteiger partial charge in [0.05, 0.1) is 24.2 Å². The van der Waals surface area contributed by atoms with E-state index >= 15 is 0 Å². The Morgan fingerprint density at radius 1 is 0.868 bits per heavy atom. The van der Waals surface area contributed by atoms with E-state index < -0.39 is 6.43 Å². The van der Waals surface area contributed by atoms with Crippen molar-refractivity contribution in [2.45, 2.75) is 63.8 Å². The fourth-order valence-electron chi connectivity index (χ4n) is 5.47. The van der Waals surface area contributed by atoms with Crippen molar-refractivity contribution in [1.82, 2.24) is 24.4 Å². The van der Waals surface area contributed by atoms with Crippen LogP contribution in [0.15, 0.2) is 30.3 Å². The molecule has 3 fully saturated rings. The number of piperidine rings is 1. The molecule has 0 spiro atoms. The van der Waals surface area contributed by atoms with Gasteiger partial charge in [0.2, 0.25) is 5.95 Å². The van der Waals surface area contributed by atoms with Gasteiger partial charge in [0.15, 0.2) is 5.82 Å². The lowest BCUT2D eigenvalue weighted by Crippen LogP contribution is -2.37. The molecule has 2 aromatic heterocycles. The number of nitrogens with one attached hydrogen (secondary N) is 1. The fourth-order valence-corrected chi connectivity index (χ4v) is 5.47. The molecule has 6 rings (SSSR count). The van der Waals surface area contributed by atoms with Crippen molar-refractivity contribution in [2.24, 2.45) is 0 Å². The molecular formula is C28H39F2N7O. The molecule has 0 unspecified atom stereocenters. The summed E-state index contributed by atoms with van der Waals surface area (Å²) in [4.78, 5) is 18.1. The van der Waals surface area contributed by atoms with Gasteiger partial charge in [-0.15, -0.1) is 0 Å². The van der Waals surface area contributed by atoms with Gasteiger partial charge in [-0.25, -0.2) is 13.8 Å². The molecule has 0 bridgehead atoms. The molecule has 0 atom stereocenters. The molecule has 206 valence electrons. The quantitative estimate of drug-likeness (QED) is 0.474. The molecular weight excluding hydrogens is 488 g/mol. The van der Waals surface area contributed by atoms with Crippen LogP contribution in [0.3, 0.4) is 0 Å². The summed E-state index contributed by atoms with van der Waals surface area (Å²) < 4.78 is 34.7. The van der Waals surface area contributed by atoms with Crippen molar-refractivity contribution >= 4 is 22.8 Å². The first-order chi connectivity index (χ1) is 18.6. The van der Waals surface area contributed by atoms with Crippen LogP contribution in [0.1, 0.15) is 63.6 Å². The van der Waals surface area contributed by atoms with E-state index in [1.807, 2.05) is 6.07 Å². The lowest BCUT2D eigenvalue weighted by Gasteiger charge is -2.29. The number of anilines is 2. The van der Waals surface area contributed by atoms with E-state index in [-0.39, 0.29) is 5.82 Å². The van der Waals surface area contributed by atoms with E-state index in [1.54, 1.807) is 24.3 Å². The summed E-state index contributed by atoms with van der Waals surface area (Å²) in [5.41, 5.74) is 1.12. The Labute approximate surface area is 223 Å². The number of benzene rings is 1. The Bertz CT molecular complexity index is 1170. The predicted molar refractivity (Wildman–Crippen MR) is 146 cm³/mol. The number of likely N-dealkylation sites (tertiary alicyclic amines) is 1. The van der Waals surface area contributed by atoms with Crippen molar-refractivity contribution in [1.29, 1.82) is 0 Å². The van der Waals surface area contributed by atoms with Crippen LogP contribution in [0.2, 0.25) is 0 Å². The zero-order valence-electron chi connectivity index (χ0n) is 22.3. The van der Waals surface area contributed by atoms with Crippen LogP contribution in [-0.2, 0) is 4.74 Å². The van der Waals surface area contributed by atoms with Crippen molar-refractivity contribution < 1.29 is 13.5 Å². The number of nitrogens with zero attached hydrogens (tertiary/aromatic N) is 6. The first-order valence-corrected chi connectivity index (χ1v) is 14.0. The fraction of sp³-hybridized carbons (Fsp3) is 0.607. The number of para-hydroxylation sites is 2. The number of aromatic nitrogens is 4. The van der Waals surface area contributed by atoms with Crippen LogP contribution >= 0.6 is 0 Å².